The van der Waals surface area contributed by atoms with Gasteiger partial charge in [0.1, 0.15) is 5.52 Å². The van der Waals surface area contributed by atoms with Gasteiger partial charge in [-0.1, -0.05) is 4.79 Å². The molecule has 0 aliphatic rings. The summed E-state index contributed by atoms with van der Waals surface area (Å²) in [7, 11) is 0. The first-order valence-electron chi connectivity index (χ1n) is 2.92. The number of hydrogen-bond acceptors (Lipinski definition) is 5. The minimum absolute atomic E-state index is 0.423. The summed E-state index contributed by atoms with van der Waals surface area (Å²) >= 11 is 0. The van der Waals surface area contributed by atoms with Crippen LogP contribution in [0.2, 0.25) is 0 Å². The topological polar surface area (TPSA) is 73.0 Å². The van der Waals surface area contributed by atoms with Gasteiger partial charge in [-0.15, -0.1) is 10.0 Å². The lowest BCUT2D eigenvalue weighted by Gasteiger charge is -1.83. The fourth-order valence-corrected chi connectivity index (χ4v) is 0.815. The Bertz CT molecular complexity index is 394. The van der Waals surface area contributed by atoms with E-state index in [2.05, 4.69) is 20.6 Å². The fourth-order valence-electron chi connectivity index (χ4n) is 0.815. The van der Waals surface area contributed by atoms with Gasteiger partial charge in [0.25, 0.3) is 0 Å². The summed E-state index contributed by atoms with van der Waals surface area (Å²) in [5, 5.41) is 9.65. The third-order valence-electron chi connectivity index (χ3n) is 1.28. The lowest BCUT2D eigenvalue weighted by atomic mass is 10.4. The molecule has 2 aromatic heterocycles. The first-order chi connectivity index (χ1) is 5.42. The van der Waals surface area contributed by atoms with E-state index in [4.69, 9.17) is 0 Å². The second-order valence-corrected chi connectivity index (χ2v) is 1.91. The van der Waals surface area contributed by atoms with Gasteiger partial charge < -0.3 is 0 Å². The Kier molecular flexibility index (Phi) is 1.12. The highest BCUT2D eigenvalue weighted by Gasteiger charge is 2.02. The molecule has 0 aliphatic carbocycles. The number of fused-ring (bicyclic) bond motifs is 1. The zero-order chi connectivity index (χ0) is 7.68. The summed E-state index contributed by atoms with van der Waals surface area (Å²) in [6.07, 6.45) is 1.58. The van der Waals surface area contributed by atoms with E-state index in [1.807, 2.05) is 0 Å². The zero-order valence-electron chi connectivity index (χ0n) is 5.38. The highest BCUT2D eigenvalue weighted by molar-refractivity contribution is 5.68. The van der Waals surface area contributed by atoms with Crippen LogP contribution in [0, 0.1) is 4.91 Å². The van der Waals surface area contributed by atoms with Gasteiger partial charge in [-0.25, -0.2) is 4.98 Å². The molecule has 0 N–H and O–H groups in total. The zero-order valence-corrected chi connectivity index (χ0v) is 5.38. The van der Waals surface area contributed by atoms with Crippen molar-refractivity contribution in [3.8, 4) is 0 Å². The molecule has 6 heteroatoms. The smallest absolute Gasteiger partial charge is 0.204 e. The predicted octanol–water partition coefficient (Wildman–Crippen LogP) is 0.356. The van der Waals surface area contributed by atoms with Gasteiger partial charge in [-0.3, -0.25) is 0 Å². The number of pyridine rings is 1. The molecule has 2 aromatic rings. The summed E-state index contributed by atoms with van der Waals surface area (Å²) in [6, 6.07) is 3.36. The largest absolute Gasteiger partial charge is 0.234 e. The monoisotopic (exact) mass is 149 g/mol. The Balaban J connectivity index is 2.86. The van der Waals surface area contributed by atoms with Crippen LogP contribution in [-0.4, -0.2) is 20.1 Å². The summed E-state index contributed by atoms with van der Waals surface area (Å²) in [6.45, 7) is 0. The molecule has 0 amide bonds. The van der Waals surface area contributed by atoms with Crippen molar-refractivity contribution in [2.24, 2.45) is 5.29 Å². The molecule has 0 saturated heterocycles. The molecule has 0 fully saturated rings. The Morgan fingerprint density at radius 1 is 1.55 bits per heavy atom. The van der Waals surface area contributed by atoms with Crippen molar-refractivity contribution in [2.45, 2.75) is 0 Å². The van der Waals surface area contributed by atoms with Gasteiger partial charge in [-0.05, 0) is 17.3 Å². The summed E-state index contributed by atoms with van der Waals surface area (Å²) in [4.78, 5) is 14.8. The summed E-state index contributed by atoms with van der Waals surface area (Å²) in [5.41, 5.74) is 0.939. The van der Waals surface area contributed by atoms with Crippen LogP contribution in [0.4, 0.5) is 0 Å². The van der Waals surface area contributed by atoms with E-state index in [9.17, 15) is 4.91 Å². The van der Waals surface area contributed by atoms with Gasteiger partial charge in [-0.2, -0.15) is 0 Å². The van der Waals surface area contributed by atoms with E-state index in [0.717, 1.165) is 4.79 Å². The molecule has 0 spiro atoms. The van der Waals surface area contributed by atoms with E-state index < -0.39 is 0 Å². The first-order valence-corrected chi connectivity index (χ1v) is 2.92. The van der Waals surface area contributed by atoms with Crippen LogP contribution in [0.1, 0.15) is 0 Å². The average molecular weight is 149 g/mol. The molecule has 0 atom stereocenters. The standard InChI is InChI=1S/C5H3N5O/c11-9-10-4-2-1-3-6-5(4)7-8-10/h1-3H. The van der Waals surface area contributed by atoms with E-state index in [1.54, 1.807) is 18.3 Å². The summed E-state index contributed by atoms with van der Waals surface area (Å²) < 4.78 is 0. The van der Waals surface area contributed by atoms with Crippen LogP contribution >= 0.6 is 0 Å². The van der Waals surface area contributed by atoms with Crippen molar-refractivity contribution in [3.63, 3.8) is 0 Å². The molecule has 2 rings (SSSR count). The van der Waals surface area contributed by atoms with Crippen LogP contribution < -0.4 is 0 Å². The van der Waals surface area contributed by atoms with Gasteiger partial charge >= 0.3 is 0 Å². The minimum atomic E-state index is 0.423. The van der Waals surface area contributed by atoms with E-state index >= 15 is 0 Å². The molecule has 0 unspecified atom stereocenters. The maximum atomic E-state index is 10.1. The van der Waals surface area contributed by atoms with Crippen LogP contribution in [0.3, 0.4) is 0 Å². The van der Waals surface area contributed by atoms with Gasteiger partial charge in [0, 0.05) is 6.20 Å². The molecule has 6 nitrogen and oxygen atoms in total. The normalized spacial score (nSPS) is 10.2. The maximum absolute atomic E-state index is 10.1. The lowest BCUT2D eigenvalue weighted by Crippen LogP contribution is -1.87. The number of aromatic nitrogens is 4. The van der Waals surface area contributed by atoms with Crippen molar-refractivity contribution < 1.29 is 0 Å². The van der Waals surface area contributed by atoms with Crippen LogP contribution in [0.15, 0.2) is 23.6 Å². The number of rotatable bonds is 1. The third-order valence-corrected chi connectivity index (χ3v) is 1.28. The molecule has 0 bridgehead atoms. The lowest BCUT2D eigenvalue weighted by molar-refractivity contribution is 0.708. The van der Waals surface area contributed by atoms with Gasteiger partial charge in [0.2, 0.25) is 5.65 Å². The quantitative estimate of drug-likeness (QED) is 0.548. The molecular weight excluding hydrogens is 146 g/mol. The van der Waals surface area contributed by atoms with Crippen molar-refractivity contribution in [1.82, 2.24) is 20.1 Å². The SMILES string of the molecule is O=Nn1nnc2ncccc21. The maximum Gasteiger partial charge on any atom is 0.204 e. The second-order valence-electron chi connectivity index (χ2n) is 1.91. The van der Waals surface area contributed by atoms with Crippen molar-refractivity contribution in [2.75, 3.05) is 0 Å². The van der Waals surface area contributed by atoms with E-state index in [-0.39, 0.29) is 0 Å². The minimum Gasteiger partial charge on any atom is -0.234 e. The van der Waals surface area contributed by atoms with Crippen LogP contribution in [0.5, 0.6) is 0 Å². The Morgan fingerprint density at radius 2 is 2.45 bits per heavy atom. The highest BCUT2D eigenvalue weighted by Crippen LogP contribution is 2.04. The van der Waals surface area contributed by atoms with Crippen LogP contribution in [-0.2, 0) is 0 Å². The molecule has 0 saturated carbocycles. The number of nitroso groups, excluding NO2 is 1. The Morgan fingerprint density at radius 3 is 3.27 bits per heavy atom. The molecule has 0 aliphatic heterocycles. The van der Waals surface area contributed by atoms with Gasteiger partial charge in [0.05, 0.1) is 5.29 Å². The van der Waals surface area contributed by atoms with Crippen molar-refractivity contribution in [1.29, 1.82) is 0 Å². The molecule has 2 heterocycles. The number of hydrogen-bond donors (Lipinski definition) is 0. The highest BCUT2D eigenvalue weighted by atomic mass is 16.3. The van der Waals surface area contributed by atoms with Crippen LogP contribution in [0.25, 0.3) is 11.2 Å². The third kappa shape index (κ3) is 0.759. The van der Waals surface area contributed by atoms with Crippen molar-refractivity contribution in [3.05, 3.63) is 23.2 Å². The molecule has 0 radical (unpaired) electrons. The van der Waals surface area contributed by atoms with Crippen molar-refractivity contribution >= 4 is 11.2 Å². The Labute approximate surface area is 60.8 Å². The fraction of sp³-hybridized carbons (Fsp3) is 0. The molecular formula is C5H3N5O. The molecule has 54 valence electrons. The first kappa shape index (κ1) is 5.90. The summed E-state index contributed by atoms with van der Waals surface area (Å²) in [5.74, 6) is 0. The number of nitrogens with zero attached hydrogens (tertiary/aromatic N) is 5. The Hall–Kier alpha value is -1.85. The molecule has 11 heavy (non-hydrogen) atoms. The predicted molar refractivity (Wildman–Crippen MR) is 36.5 cm³/mol. The molecule has 0 aromatic carbocycles. The average Bonchev–Trinajstić information content (AvgIpc) is 2.47. The second kappa shape index (κ2) is 2.08. The van der Waals surface area contributed by atoms with E-state index in [0.29, 0.717) is 11.2 Å². The van der Waals surface area contributed by atoms with Gasteiger partial charge in [0.15, 0.2) is 0 Å². The van der Waals surface area contributed by atoms with E-state index in [1.165, 1.54) is 0 Å².